The summed E-state index contributed by atoms with van der Waals surface area (Å²) in [5, 5.41) is -0.0758. The van der Waals surface area contributed by atoms with Gasteiger partial charge in [0.25, 0.3) is 5.78 Å². The number of rotatable bonds is 7. The molecule has 1 aromatic rings. The molecule has 0 saturated heterocycles. The van der Waals surface area contributed by atoms with Gasteiger partial charge in [-0.1, -0.05) is 17.7 Å². The highest BCUT2D eigenvalue weighted by molar-refractivity contribution is 6.38. The fraction of sp³-hybridized carbons (Fsp3) is 0.400. The van der Waals surface area contributed by atoms with Gasteiger partial charge in [0, 0.05) is 0 Å². The molecule has 0 radical (unpaired) electrons. The van der Waals surface area contributed by atoms with E-state index < -0.39 is 29.5 Å². The summed E-state index contributed by atoms with van der Waals surface area (Å²) in [5.41, 5.74) is 0.345. The summed E-state index contributed by atoms with van der Waals surface area (Å²) in [7, 11) is 0. The molecule has 0 saturated carbocycles. The van der Waals surface area contributed by atoms with Crippen molar-refractivity contribution in [2.45, 2.75) is 20.3 Å². The number of esters is 2. The summed E-state index contributed by atoms with van der Waals surface area (Å²) in [6.07, 6.45) is -0.176. The average Bonchev–Trinajstić information content (AvgIpc) is 2.48. The molecule has 0 heterocycles. The van der Waals surface area contributed by atoms with Crippen molar-refractivity contribution in [3.63, 3.8) is 0 Å². The van der Waals surface area contributed by atoms with Crippen LogP contribution in [0.15, 0.2) is 18.2 Å². The topological polar surface area (TPSA) is 69.7 Å². The predicted octanol–water partition coefficient (Wildman–Crippen LogP) is 2.33. The van der Waals surface area contributed by atoms with Crippen LogP contribution in [-0.4, -0.2) is 30.9 Å². The van der Waals surface area contributed by atoms with Crippen LogP contribution in [0.3, 0.4) is 0 Å². The van der Waals surface area contributed by atoms with Gasteiger partial charge in [0.1, 0.15) is 11.7 Å². The normalized spacial score (nSPS) is 11.6. The highest BCUT2D eigenvalue weighted by Crippen LogP contribution is 2.19. The van der Waals surface area contributed by atoms with Crippen molar-refractivity contribution in [1.29, 1.82) is 0 Å². The van der Waals surface area contributed by atoms with E-state index >= 15 is 0 Å². The van der Waals surface area contributed by atoms with Crippen LogP contribution < -0.4 is 0 Å². The number of hydrogen-bond acceptors (Lipinski definition) is 5. The van der Waals surface area contributed by atoms with E-state index in [4.69, 9.17) is 16.3 Å². The Morgan fingerprint density at radius 3 is 2.36 bits per heavy atom. The van der Waals surface area contributed by atoms with Crippen molar-refractivity contribution in [2.75, 3.05) is 13.2 Å². The lowest BCUT2D eigenvalue weighted by Gasteiger charge is -2.14. The fourth-order valence-corrected chi connectivity index (χ4v) is 1.89. The Morgan fingerprint density at radius 1 is 1.18 bits per heavy atom. The molecule has 1 atom stereocenters. The molecule has 120 valence electrons. The van der Waals surface area contributed by atoms with Crippen molar-refractivity contribution in [2.24, 2.45) is 5.92 Å². The molecular formula is C15H16ClFO5. The Balaban J connectivity index is 2.99. The number of ether oxygens (including phenoxy) is 2. The van der Waals surface area contributed by atoms with Crippen LogP contribution in [0.1, 0.15) is 19.4 Å². The van der Waals surface area contributed by atoms with Gasteiger partial charge < -0.3 is 9.47 Å². The molecule has 0 N–H and O–H groups in total. The molecule has 0 aliphatic rings. The minimum absolute atomic E-state index is 0.00961. The highest BCUT2D eigenvalue weighted by Gasteiger charge is 2.34. The van der Waals surface area contributed by atoms with Crippen LogP contribution in [0, 0.1) is 11.7 Å². The van der Waals surface area contributed by atoms with Crippen LogP contribution in [0.25, 0.3) is 0 Å². The van der Waals surface area contributed by atoms with Crippen molar-refractivity contribution >= 4 is 29.3 Å². The smallest absolute Gasteiger partial charge is 0.375 e. The van der Waals surface area contributed by atoms with Crippen LogP contribution in [0.5, 0.6) is 0 Å². The lowest BCUT2D eigenvalue weighted by molar-refractivity contribution is -0.162. The van der Waals surface area contributed by atoms with Gasteiger partial charge >= 0.3 is 11.9 Å². The van der Waals surface area contributed by atoms with Gasteiger partial charge in [-0.25, -0.2) is 9.18 Å². The van der Waals surface area contributed by atoms with E-state index in [0.717, 1.165) is 6.07 Å². The van der Waals surface area contributed by atoms with Crippen LogP contribution >= 0.6 is 11.6 Å². The molecule has 0 aliphatic heterocycles. The maximum atomic E-state index is 13.4. The van der Waals surface area contributed by atoms with Gasteiger partial charge in [0.05, 0.1) is 18.2 Å². The third-order valence-electron chi connectivity index (χ3n) is 2.79. The lowest BCUT2D eigenvalue weighted by atomic mass is 9.95. The van der Waals surface area contributed by atoms with E-state index in [1.807, 2.05) is 0 Å². The van der Waals surface area contributed by atoms with Gasteiger partial charge in [0.15, 0.2) is 0 Å². The SMILES string of the molecule is CCOC(=O)C(=O)C(Cc1ccc(Cl)c(F)c1)C(=O)OCC. The van der Waals surface area contributed by atoms with Crippen LogP contribution in [-0.2, 0) is 30.3 Å². The molecule has 1 aromatic carbocycles. The Bertz CT molecular complexity index is 573. The number of carbonyl (C=O) groups excluding carboxylic acids is 3. The average molecular weight is 331 g/mol. The molecule has 7 heteroatoms. The van der Waals surface area contributed by atoms with E-state index in [2.05, 4.69) is 4.74 Å². The molecule has 0 amide bonds. The molecule has 0 aromatic heterocycles. The number of carbonyl (C=O) groups is 3. The van der Waals surface area contributed by atoms with Gasteiger partial charge in [-0.15, -0.1) is 0 Å². The zero-order chi connectivity index (χ0) is 16.7. The minimum atomic E-state index is -1.38. The predicted molar refractivity (Wildman–Crippen MR) is 76.9 cm³/mol. The van der Waals surface area contributed by atoms with Crippen LogP contribution in [0.4, 0.5) is 4.39 Å². The van der Waals surface area contributed by atoms with Crippen molar-refractivity contribution in [1.82, 2.24) is 0 Å². The summed E-state index contributed by atoms with van der Waals surface area (Å²) in [5.74, 6) is -5.04. The van der Waals surface area contributed by atoms with Gasteiger partial charge in [-0.2, -0.15) is 0 Å². The standard InChI is InChI=1S/C15H16ClFO5/c1-3-21-14(19)10(13(18)15(20)22-4-2)7-9-5-6-11(16)12(17)8-9/h5-6,8,10H,3-4,7H2,1-2H3. The minimum Gasteiger partial charge on any atom is -0.465 e. The first kappa shape index (κ1) is 18.1. The molecule has 22 heavy (non-hydrogen) atoms. The second-order valence-corrected chi connectivity index (χ2v) is 4.75. The Kier molecular flexibility index (Phi) is 6.98. The van der Waals surface area contributed by atoms with Crippen molar-refractivity contribution in [3.05, 3.63) is 34.6 Å². The molecule has 1 unspecified atom stereocenters. The maximum absolute atomic E-state index is 13.4. The first-order chi connectivity index (χ1) is 10.4. The van der Waals surface area contributed by atoms with Gasteiger partial charge in [-0.3, -0.25) is 9.59 Å². The van der Waals surface area contributed by atoms with E-state index in [1.54, 1.807) is 13.8 Å². The second-order valence-electron chi connectivity index (χ2n) is 4.34. The maximum Gasteiger partial charge on any atom is 0.375 e. The molecule has 0 aliphatic carbocycles. The number of Topliss-reactive ketones (excluding diaryl/α,β-unsaturated/α-hetero) is 1. The van der Waals surface area contributed by atoms with E-state index in [9.17, 15) is 18.8 Å². The molecular weight excluding hydrogens is 315 g/mol. The molecule has 0 fully saturated rings. The lowest BCUT2D eigenvalue weighted by Crippen LogP contribution is -2.34. The van der Waals surface area contributed by atoms with Crippen LogP contribution in [0.2, 0.25) is 5.02 Å². The number of hydrogen-bond donors (Lipinski definition) is 0. The molecule has 1 rings (SSSR count). The summed E-state index contributed by atoms with van der Waals surface area (Å²) < 4.78 is 22.8. The quantitative estimate of drug-likeness (QED) is 0.436. The zero-order valence-corrected chi connectivity index (χ0v) is 13.0. The largest absolute Gasteiger partial charge is 0.465 e. The first-order valence-corrected chi connectivity index (χ1v) is 7.10. The molecule has 5 nitrogen and oxygen atoms in total. The summed E-state index contributed by atoms with van der Waals surface area (Å²) in [6.45, 7) is 3.18. The third-order valence-corrected chi connectivity index (χ3v) is 3.09. The Morgan fingerprint density at radius 2 is 1.82 bits per heavy atom. The van der Waals surface area contributed by atoms with E-state index in [1.165, 1.54) is 12.1 Å². The van der Waals surface area contributed by atoms with Gasteiger partial charge in [0.2, 0.25) is 0 Å². The zero-order valence-electron chi connectivity index (χ0n) is 12.2. The third kappa shape index (κ3) is 4.80. The second kappa shape index (κ2) is 8.48. The summed E-state index contributed by atoms with van der Waals surface area (Å²) in [4.78, 5) is 35.4. The Hall–Kier alpha value is -1.95. The van der Waals surface area contributed by atoms with Crippen molar-refractivity contribution in [3.8, 4) is 0 Å². The molecule has 0 spiro atoms. The van der Waals surface area contributed by atoms with Gasteiger partial charge in [-0.05, 0) is 38.0 Å². The van der Waals surface area contributed by atoms with E-state index in [0.29, 0.717) is 5.56 Å². The van der Waals surface area contributed by atoms with E-state index in [-0.39, 0.29) is 24.7 Å². The first-order valence-electron chi connectivity index (χ1n) is 6.72. The number of benzene rings is 1. The fourth-order valence-electron chi connectivity index (χ4n) is 1.77. The molecule has 0 bridgehead atoms. The Labute approximate surface area is 132 Å². The van der Waals surface area contributed by atoms with Crippen molar-refractivity contribution < 1.29 is 28.2 Å². The monoisotopic (exact) mass is 330 g/mol. The number of halogens is 2. The summed E-state index contributed by atoms with van der Waals surface area (Å²) in [6, 6.07) is 3.88. The summed E-state index contributed by atoms with van der Waals surface area (Å²) >= 11 is 5.58. The highest BCUT2D eigenvalue weighted by atomic mass is 35.5. The number of ketones is 1.